The van der Waals surface area contributed by atoms with Crippen molar-refractivity contribution in [1.82, 2.24) is 15.1 Å². The van der Waals surface area contributed by atoms with Gasteiger partial charge in [0.05, 0.1) is 12.2 Å². The van der Waals surface area contributed by atoms with Crippen molar-refractivity contribution < 1.29 is 4.79 Å². The summed E-state index contributed by atoms with van der Waals surface area (Å²) in [7, 11) is 0. The Kier molecular flexibility index (Phi) is 7.01. The molecular formula is C24H29N5O. The quantitative estimate of drug-likeness (QED) is 0.466. The third kappa shape index (κ3) is 5.80. The summed E-state index contributed by atoms with van der Waals surface area (Å²) in [4.78, 5) is 17.5. The first-order chi connectivity index (χ1) is 14.4. The number of benzene rings is 2. The zero-order valence-electron chi connectivity index (χ0n) is 18.1. The molecule has 0 spiro atoms. The second-order valence-corrected chi connectivity index (χ2v) is 7.49. The first kappa shape index (κ1) is 21.3. The van der Waals surface area contributed by atoms with E-state index < -0.39 is 0 Å². The third-order valence-electron chi connectivity index (χ3n) is 4.66. The van der Waals surface area contributed by atoms with E-state index in [9.17, 15) is 4.79 Å². The minimum absolute atomic E-state index is 0.192. The van der Waals surface area contributed by atoms with Crippen LogP contribution >= 0.6 is 0 Å². The van der Waals surface area contributed by atoms with Gasteiger partial charge >= 0.3 is 0 Å². The number of para-hydroxylation sites is 1. The zero-order valence-corrected chi connectivity index (χ0v) is 18.1. The molecule has 6 nitrogen and oxygen atoms in total. The van der Waals surface area contributed by atoms with Crippen molar-refractivity contribution in [1.29, 1.82) is 0 Å². The Morgan fingerprint density at radius 1 is 1.07 bits per heavy atom. The third-order valence-corrected chi connectivity index (χ3v) is 4.66. The molecule has 2 N–H and O–H groups in total. The second-order valence-electron chi connectivity index (χ2n) is 7.49. The van der Waals surface area contributed by atoms with E-state index in [1.807, 2.05) is 80.2 Å². The molecule has 3 rings (SSSR count). The minimum atomic E-state index is -0.192. The van der Waals surface area contributed by atoms with Crippen molar-refractivity contribution in [2.45, 2.75) is 47.2 Å². The highest BCUT2D eigenvalue weighted by molar-refractivity contribution is 6.10. The zero-order chi connectivity index (χ0) is 21.5. The molecule has 6 heteroatoms. The maximum atomic E-state index is 12.9. The van der Waals surface area contributed by atoms with Gasteiger partial charge in [-0.2, -0.15) is 5.10 Å². The lowest BCUT2D eigenvalue weighted by molar-refractivity contribution is 0.0976. The molecule has 0 aliphatic heterocycles. The molecule has 0 atom stereocenters. The number of guanidine groups is 1. The molecule has 0 bridgehead atoms. The van der Waals surface area contributed by atoms with Gasteiger partial charge in [-0.15, -0.1) is 0 Å². The van der Waals surface area contributed by atoms with Crippen LogP contribution in [0, 0.1) is 20.8 Å². The van der Waals surface area contributed by atoms with Crippen LogP contribution in [0.2, 0.25) is 0 Å². The number of amides is 1. The highest BCUT2D eigenvalue weighted by atomic mass is 16.1. The Bertz CT molecular complexity index is 1020. The number of aliphatic imine (C=N–C) groups is 1. The van der Waals surface area contributed by atoms with Gasteiger partial charge in [0.25, 0.3) is 5.91 Å². The number of nitrogens with one attached hydrogen (secondary N) is 2. The van der Waals surface area contributed by atoms with Gasteiger partial charge in [-0.1, -0.05) is 42.3 Å². The molecule has 1 amide bonds. The van der Waals surface area contributed by atoms with Crippen LogP contribution in [0.5, 0.6) is 0 Å². The van der Waals surface area contributed by atoms with Crippen molar-refractivity contribution in [2.24, 2.45) is 4.99 Å². The lowest BCUT2D eigenvalue weighted by Gasteiger charge is -2.12. The molecular weight excluding hydrogens is 374 g/mol. The predicted octanol–water partition coefficient (Wildman–Crippen LogP) is 4.62. The van der Waals surface area contributed by atoms with Crippen LogP contribution < -0.4 is 10.6 Å². The number of hydrogen-bond acceptors (Lipinski definition) is 3. The number of nitrogens with zero attached hydrogens (tertiary/aromatic N) is 3. The molecule has 0 aliphatic carbocycles. The summed E-state index contributed by atoms with van der Waals surface area (Å²) in [5.74, 6) is 0.218. The summed E-state index contributed by atoms with van der Waals surface area (Å²) in [6.45, 7) is 9.38. The Balaban J connectivity index is 1.82. The lowest BCUT2D eigenvalue weighted by Crippen LogP contribution is -2.36. The number of anilines is 1. The molecule has 0 unspecified atom stereocenters. The molecule has 0 aliphatic rings. The predicted molar refractivity (Wildman–Crippen MR) is 122 cm³/mol. The number of hydrogen-bond donors (Lipinski definition) is 2. The van der Waals surface area contributed by atoms with Crippen molar-refractivity contribution in [3.05, 3.63) is 82.7 Å². The van der Waals surface area contributed by atoms with Gasteiger partial charge in [0.15, 0.2) is 0 Å². The van der Waals surface area contributed by atoms with E-state index in [0.29, 0.717) is 18.1 Å². The normalized spacial score (nSPS) is 11.4. The fraction of sp³-hybridized carbons (Fsp3) is 0.292. The second kappa shape index (κ2) is 9.87. The number of rotatable bonds is 6. The average Bonchev–Trinajstić information content (AvgIpc) is 3.05. The van der Waals surface area contributed by atoms with Gasteiger partial charge < -0.3 is 5.32 Å². The van der Waals surface area contributed by atoms with Crippen LogP contribution in [-0.2, 0) is 13.1 Å². The molecule has 2 aromatic carbocycles. The number of carbonyl (C=O) groups is 1. The van der Waals surface area contributed by atoms with Crippen LogP contribution in [0.1, 0.15) is 46.1 Å². The number of aryl methyl sites for hydroxylation is 4. The topological polar surface area (TPSA) is 71.3 Å². The van der Waals surface area contributed by atoms with E-state index in [1.165, 1.54) is 0 Å². The van der Waals surface area contributed by atoms with E-state index in [0.717, 1.165) is 41.0 Å². The van der Waals surface area contributed by atoms with Crippen molar-refractivity contribution in [3.63, 3.8) is 0 Å². The largest absolute Gasteiger partial charge is 0.326 e. The first-order valence-corrected chi connectivity index (χ1v) is 10.2. The average molecular weight is 404 g/mol. The van der Waals surface area contributed by atoms with Crippen molar-refractivity contribution >= 4 is 17.6 Å². The highest BCUT2D eigenvalue weighted by Gasteiger charge is 2.11. The summed E-state index contributed by atoms with van der Waals surface area (Å²) >= 11 is 0. The van der Waals surface area contributed by atoms with Gasteiger partial charge in [-0.25, -0.2) is 4.99 Å². The summed E-state index contributed by atoms with van der Waals surface area (Å²) in [6.07, 6.45) is 3.05. The van der Waals surface area contributed by atoms with E-state index >= 15 is 0 Å². The summed E-state index contributed by atoms with van der Waals surface area (Å²) < 4.78 is 1.94. The molecule has 1 heterocycles. The van der Waals surface area contributed by atoms with E-state index in [4.69, 9.17) is 0 Å². The van der Waals surface area contributed by atoms with Gasteiger partial charge in [0.2, 0.25) is 5.96 Å². The van der Waals surface area contributed by atoms with Crippen LogP contribution in [0.25, 0.3) is 0 Å². The maximum Gasteiger partial charge on any atom is 0.257 e. The van der Waals surface area contributed by atoms with Gasteiger partial charge in [0, 0.05) is 29.6 Å². The van der Waals surface area contributed by atoms with Crippen LogP contribution in [-0.4, -0.2) is 21.6 Å². The molecule has 1 aromatic heterocycles. The smallest absolute Gasteiger partial charge is 0.257 e. The van der Waals surface area contributed by atoms with Crippen LogP contribution in [0.15, 0.2) is 59.7 Å². The Hall–Kier alpha value is -3.41. The van der Waals surface area contributed by atoms with Crippen molar-refractivity contribution in [3.8, 4) is 0 Å². The van der Waals surface area contributed by atoms with Gasteiger partial charge in [-0.05, 0) is 51.5 Å². The molecule has 3 aromatic rings. The number of aromatic nitrogens is 2. The fourth-order valence-electron chi connectivity index (χ4n) is 3.28. The highest BCUT2D eigenvalue weighted by Crippen LogP contribution is 2.11. The SMILES string of the molecule is CCCn1cc(CN=C(NC(=O)c2cc(C)cc(C)c2)Nc2ccccc2)c(C)n1. The van der Waals surface area contributed by atoms with E-state index in [2.05, 4.69) is 27.6 Å². The summed E-state index contributed by atoms with van der Waals surface area (Å²) in [5.41, 5.74) is 5.56. The molecule has 0 saturated heterocycles. The summed E-state index contributed by atoms with van der Waals surface area (Å²) in [5, 5.41) is 10.7. The Labute approximate surface area is 178 Å². The molecule has 30 heavy (non-hydrogen) atoms. The molecule has 0 radical (unpaired) electrons. The number of carbonyl (C=O) groups excluding carboxylic acids is 1. The summed E-state index contributed by atoms with van der Waals surface area (Å²) in [6, 6.07) is 15.5. The maximum absolute atomic E-state index is 12.9. The minimum Gasteiger partial charge on any atom is -0.326 e. The van der Waals surface area contributed by atoms with Gasteiger partial charge in [0.1, 0.15) is 0 Å². The fourth-order valence-corrected chi connectivity index (χ4v) is 3.28. The Morgan fingerprint density at radius 2 is 1.77 bits per heavy atom. The van der Waals surface area contributed by atoms with E-state index in [-0.39, 0.29) is 5.91 Å². The molecule has 0 saturated carbocycles. The van der Waals surface area contributed by atoms with Crippen LogP contribution in [0.3, 0.4) is 0 Å². The molecule has 156 valence electrons. The Morgan fingerprint density at radius 3 is 2.43 bits per heavy atom. The van der Waals surface area contributed by atoms with E-state index in [1.54, 1.807) is 0 Å². The van der Waals surface area contributed by atoms with Crippen molar-refractivity contribution in [2.75, 3.05) is 5.32 Å². The monoisotopic (exact) mass is 403 g/mol. The lowest BCUT2D eigenvalue weighted by atomic mass is 10.1. The first-order valence-electron chi connectivity index (χ1n) is 10.2. The molecule has 0 fully saturated rings. The van der Waals surface area contributed by atoms with Crippen LogP contribution in [0.4, 0.5) is 5.69 Å². The standard InChI is InChI=1S/C24H29N5O/c1-5-11-29-16-21(19(4)28-29)15-25-24(26-22-9-7-6-8-10-22)27-23(30)20-13-17(2)12-18(3)14-20/h6-10,12-14,16H,5,11,15H2,1-4H3,(H2,25,26,27,30). The van der Waals surface area contributed by atoms with Gasteiger partial charge in [-0.3, -0.25) is 14.8 Å².